The monoisotopic (exact) mass is 274 g/mol. The third kappa shape index (κ3) is 5.58. The van der Waals surface area contributed by atoms with Gasteiger partial charge in [-0.3, -0.25) is 0 Å². The van der Waals surface area contributed by atoms with Crippen LogP contribution in [0, 0.1) is 0 Å². The van der Waals surface area contributed by atoms with Crippen molar-refractivity contribution in [2.24, 2.45) is 0 Å². The topological polar surface area (TPSA) is 79.2 Å². The maximum Gasteiger partial charge on any atom is 0.114 e. The molecule has 5 nitrogen and oxygen atoms in total. The van der Waals surface area contributed by atoms with E-state index in [1.807, 2.05) is 13.0 Å². The van der Waals surface area contributed by atoms with Gasteiger partial charge in [-0.2, -0.15) is 0 Å². The number of unbranched alkanes of at least 4 members (excludes halogenated alkanes) is 3. The zero-order valence-electron chi connectivity index (χ0n) is 11.6. The Morgan fingerprint density at radius 2 is 2.05 bits per heavy atom. The molecule has 3 N–H and O–H groups in total. The second-order valence-electron chi connectivity index (χ2n) is 4.87. The Hall–Kier alpha value is -0.460. The van der Waals surface area contributed by atoms with E-state index in [4.69, 9.17) is 14.6 Å². The zero-order chi connectivity index (χ0) is 14.1. The highest BCUT2D eigenvalue weighted by atomic mass is 16.6. The van der Waals surface area contributed by atoms with Gasteiger partial charge in [0.1, 0.15) is 24.4 Å². The molecule has 0 saturated carbocycles. The third-order valence-electron chi connectivity index (χ3n) is 3.32. The molecule has 1 heterocycles. The van der Waals surface area contributed by atoms with Crippen molar-refractivity contribution >= 4 is 0 Å². The predicted molar refractivity (Wildman–Crippen MR) is 71.9 cm³/mol. The summed E-state index contributed by atoms with van der Waals surface area (Å²) in [4.78, 5) is 0. The fraction of sp³-hybridized carbons (Fsp3) is 0.857. The van der Waals surface area contributed by atoms with Gasteiger partial charge in [0.2, 0.25) is 0 Å². The molecule has 0 aromatic rings. The first-order valence-corrected chi connectivity index (χ1v) is 7.02. The molecule has 0 aliphatic carbocycles. The predicted octanol–water partition coefficient (Wildman–Crippen LogP) is 0.621. The quantitative estimate of drug-likeness (QED) is 0.447. The van der Waals surface area contributed by atoms with Gasteiger partial charge >= 0.3 is 0 Å². The lowest BCUT2D eigenvalue weighted by Gasteiger charge is -2.37. The molecule has 5 heteroatoms. The maximum atomic E-state index is 9.89. The highest BCUT2D eigenvalue weighted by Gasteiger charge is 2.38. The molecular weight excluding hydrogens is 248 g/mol. The number of aliphatic hydroxyl groups is 3. The Kier molecular flexibility index (Phi) is 8.25. The smallest absolute Gasteiger partial charge is 0.114 e. The summed E-state index contributed by atoms with van der Waals surface area (Å²) in [7, 11) is 0. The Morgan fingerprint density at radius 1 is 1.26 bits per heavy atom. The molecule has 0 spiro atoms. The van der Waals surface area contributed by atoms with E-state index in [-0.39, 0.29) is 13.2 Å². The van der Waals surface area contributed by atoms with Crippen LogP contribution in [0.15, 0.2) is 12.2 Å². The number of hydrogen-bond acceptors (Lipinski definition) is 5. The van der Waals surface area contributed by atoms with Crippen molar-refractivity contribution in [2.45, 2.75) is 57.0 Å². The molecule has 1 fully saturated rings. The van der Waals surface area contributed by atoms with E-state index in [0.29, 0.717) is 6.61 Å². The van der Waals surface area contributed by atoms with Gasteiger partial charge in [0.25, 0.3) is 0 Å². The lowest BCUT2D eigenvalue weighted by atomic mass is 10.0. The van der Waals surface area contributed by atoms with Crippen LogP contribution in [0.25, 0.3) is 0 Å². The summed E-state index contributed by atoms with van der Waals surface area (Å²) in [5.74, 6) is 0. The van der Waals surface area contributed by atoms with Gasteiger partial charge in [-0.25, -0.2) is 0 Å². The SMILES string of the molecule is C/C=C/CCCCCO[C@H]1[C@H](O)[C@@H](CO)OC[C@@H]1O. The number of rotatable bonds is 8. The van der Waals surface area contributed by atoms with Crippen LogP contribution >= 0.6 is 0 Å². The first-order valence-electron chi connectivity index (χ1n) is 7.02. The van der Waals surface area contributed by atoms with Crippen LogP contribution in [0.1, 0.15) is 32.6 Å². The normalized spacial score (nSPS) is 32.0. The van der Waals surface area contributed by atoms with E-state index < -0.39 is 24.4 Å². The fourth-order valence-corrected chi connectivity index (χ4v) is 2.15. The van der Waals surface area contributed by atoms with E-state index in [9.17, 15) is 10.2 Å². The molecule has 1 rings (SSSR count). The number of aliphatic hydroxyl groups excluding tert-OH is 3. The molecule has 1 saturated heterocycles. The molecule has 0 aromatic carbocycles. The molecule has 0 radical (unpaired) electrons. The van der Waals surface area contributed by atoms with Crippen molar-refractivity contribution in [3.8, 4) is 0 Å². The Labute approximate surface area is 114 Å². The largest absolute Gasteiger partial charge is 0.394 e. The van der Waals surface area contributed by atoms with E-state index in [1.54, 1.807) is 0 Å². The van der Waals surface area contributed by atoms with Crippen LogP contribution in [0.4, 0.5) is 0 Å². The Balaban J connectivity index is 2.19. The number of hydrogen-bond donors (Lipinski definition) is 3. The summed E-state index contributed by atoms with van der Waals surface area (Å²) in [6.07, 6.45) is 5.19. The van der Waals surface area contributed by atoms with Gasteiger partial charge in [-0.15, -0.1) is 0 Å². The minimum atomic E-state index is -0.975. The van der Waals surface area contributed by atoms with Crippen LogP contribution in [0.3, 0.4) is 0 Å². The average Bonchev–Trinajstić information content (AvgIpc) is 2.41. The standard InChI is InChI=1S/C14H26O5/c1-2-3-4-5-6-7-8-18-14-11(16)10-19-12(9-15)13(14)17/h2-3,11-17H,4-10H2,1H3/b3-2+/t11-,12+,13+,14+/m0/s1. The summed E-state index contributed by atoms with van der Waals surface area (Å²) < 4.78 is 10.7. The highest BCUT2D eigenvalue weighted by molar-refractivity contribution is 4.87. The molecule has 1 aliphatic rings. The van der Waals surface area contributed by atoms with Crippen LogP contribution in [-0.4, -0.2) is 59.6 Å². The van der Waals surface area contributed by atoms with Crippen molar-refractivity contribution < 1.29 is 24.8 Å². The molecule has 1 aliphatic heterocycles. The van der Waals surface area contributed by atoms with E-state index >= 15 is 0 Å². The van der Waals surface area contributed by atoms with Crippen LogP contribution in [0.5, 0.6) is 0 Å². The second kappa shape index (κ2) is 9.44. The molecule has 0 unspecified atom stereocenters. The van der Waals surface area contributed by atoms with Crippen molar-refractivity contribution in [1.29, 1.82) is 0 Å². The van der Waals surface area contributed by atoms with E-state index in [2.05, 4.69) is 6.08 Å². The van der Waals surface area contributed by atoms with Crippen LogP contribution < -0.4 is 0 Å². The summed E-state index contributed by atoms with van der Waals surface area (Å²) in [6.45, 7) is 2.34. The Morgan fingerprint density at radius 3 is 2.74 bits per heavy atom. The van der Waals surface area contributed by atoms with Gasteiger partial charge in [0.15, 0.2) is 0 Å². The van der Waals surface area contributed by atoms with Crippen molar-refractivity contribution in [2.75, 3.05) is 19.8 Å². The van der Waals surface area contributed by atoms with Gasteiger partial charge < -0.3 is 24.8 Å². The summed E-state index contributed by atoms with van der Waals surface area (Å²) in [5.41, 5.74) is 0. The number of allylic oxidation sites excluding steroid dienone is 2. The fourth-order valence-electron chi connectivity index (χ4n) is 2.15. The van der Waals surface area contributed by atoms with E-state index in [0.717, 1.165) is 25.7 Å². The minimum absolute atomic E-state index is 0.0915. The van der Waals surface area contributed by atoms with Gasteiger partial charge in [0, 0.05) is 6.61 Å². The highest BCUT2D eigenvalue weighted by Crippen LogP contribution is 2.18. The minimum Gasteiger partial charge on any atom is -0.394 e. The summed E-state index contributed by atoms with van der Waals surface area (Å²) in [5, 5.41) is 28.6. The second-order valence-corrected chi connectivity index (χ2v) is 4.87. The number of ether oxygens (including phenoxy) is 2. The van der Waals surface area contributed by atoms with Gasteiger partial charge in [-0.1, -0.05) is 18.6 Å². The lowest BCUT2D eigenvalue weighted by Crippen LogP contribution is -2.55. The molecule has 0 aromatic heterocycles. The summed E-state index contributed by atoms with van der Waals surface area (Å²) >= 11 is 0. The van der Waals surface area contributed by atoms with E-state index in [1.165, 1.54) is 0 Å². The van der Waals surface area contributed by atoms with Gasteiger partial charge in [-0.05, 0) is 26.2 Å². The average molecular weight is 274 g/mol. The first kappa shape index (κ1) is 16.6. The maximum absolute atomic E-state index is 9.89. The Bertz CT molecular complexity index is 256. The van der Waals surface area contributed by atoms with Crippen molar-refractivity contribution in [3.05, 3.63) is 12.2 Å². The van der Waals surface area contributed by atoms with Gasteiger partial charge in [0.05, 0.1) is 13.2 Å². The summed E-state index contributed by atoms with van der Waals surface area (Å²) in [6, 6.07) is 0. The molecule has 0 amide bonds. The molecular formula is C14H26O5. The van der Waals surface area contributed by atoms with Crippen molar-refractivity contribution in [1.82, 2.24) is 0 Å². The lowest BCUT2D eigenvalue weighted by molar-refractivity contribution is -0.210. The van der Waals surface area contributed by atoms with Crippen molar-refractivity contribution in [3.63, 3.8) is 0 Å². The van der Waals surface area contributed by atoms with Crippen LogP contribution in [0.2, 0.25) is 0 Å². The molecule has 19 heavy (non-hydrogen) atoms. The van der Waals surface area contributed by atoms with Crippen LogP contribution in [-0.2, 0) is 9.47 Å². The first-order chi connectivity index (χ1) is 9.20. The molecule has 4 atom stereocenters. The molecule has 112 valence electrons. The zero-order valence-corrected chi connectivity index (χ0v) is 11.6. The third-order valence-corrected chi connectivity index (χ3v) is 3.32. The molecule has 0 bridgehead atoms.